The largest absolute Gasteiger partial charge is 0.382 e. The zero-order valence-electron chi connectivity index (χ0n) is 10.3. The van der Waals surface area contributed by atoms with Gasteiger partial charge in [-0.1, -0.05) is 6.42 Å². The topological polar surface area (TPSA) is 21.7 Å². The zero-order valence-corrected chi connectivity index (χ0v) is 11.0. The lowest BCUT2D eigenvalue weighted by Gasteiger charge is -2.37. The van der Waals surface area contributed by atoms with Crippen LogP contribution in [0.4, 0.5) is 0 Å². The van der Waals surface area contributed by atoms with Gasteiger partial charge < -0.3 is 9.47 Å². The molecule has 1 aliphatic carbocycles. The molecule has 4 heteroatoms. The smallest absolute Gasteiger partial charge is 0.0700 e. The van der Waals surface area contributed by atoms with Crippen molar-refractivity contribution in [3.05, 3.63) is 0 Å². The van der Waals surface area contributed by atoms with Crippen LogP contribution in [-0.4, -0.2) is 56.8 Å². The average Bonchev–Trinajstić information content (AvgIpc) is 2.22. The van der Waals surface area contributed by atoms with E-state index in [2.05, 4.69) is 4.90 Å². The molecule has 0 spiro atoms. The number of alkyl halides is 1. The van der Waals surface area contributed by atoms with Gasteiger partial charge in [0.25, 0.3) is 0 Å². The summed E-state index contributed by atoms with van der Waals surface area (Å²) in [6, 6.07) is 0.786. The SMILES string of the molecule is COCCOCCN(CCCCl)C1CCC1. The monoisotopic (exact) mass is 249 g/mol. The second-order valence-corrected chi connectivity index (χ2v) is 4.65. The second-order valence-electron chi connectivity index (χ2n) is 4.27. The number of nitrogens with zero attached hydrogens (tertiary/aromatic N) is 1. The van der Waals surface area contributed by atoms with E-state index < -0.39 is 0 Å². The Morgan fingerprint density at radius 3 is 2.56 bits per heavy atom. The fourth-order valence-electron chi connectivity index (χ4n) is 1.92. The van der Waals surface area contributed by atoms with Gasteiger partial charge in [-0.05, 0) is 25.8 Å². The fraction of sp³-hybridized carbons (Fsp3) is 1.00. The molecule has 0 N–H and O–H groups in total. The van der Waals surface area contributed by atoms with Gasteiger partial charge in [0.2, 0.25) is 0 Å². The first-order valence-electron chi connectivity index (χ1n) is 6.25. The van der Waals surface area contributed by atoms with Crippen LogP contribution in [0.5, 0.6) is 0 Å². The summed E-state index contributed by atoms with van der Waals surface area (Å²) in [5, 5.41) is 0. The minimum atomic E-state index is 0.686. The third-order valence-electron chi connectivity index (χ3n) is 3.12. The Morgan fingerprint density at radius 2 is 2.00 bits per heavy atom. The lowest BCUT2D eigenvalue weighted by Crippen LogP contribution is -2.42. The number of methoxy groups -OCH3 is 1. The fourth-order valence-corrected chi connectivity index (χ4v) is 2.04. The normalized spacial score (nSPS) is 16.7. The van der Waals surface area contributed by atoms with Gasteiger partial charge in [0.15, 0.2) is 0 Å². The third kappa shape index (κ3) is 5.48. The second kappa shape index (κ2) is 9.23. The standard InChI is InChI=1S/C12H24ClNO2/c1-15-10-11-16-9-8-14(7-3-6-13)12-4-2-5-12/h12H,2-11H2,1H3. The number of rotatable bonds is 10. The Labute approximate surface area is 104 Å². The quantitative estimate of drug-likeness (QED) is 0.437. The summed E-state index contributed by atoms with van der Waals surface area (Å²) >= 11 is 5.74. The highest BCUT2D eigenvalue weighted by atomic mass is 35.5. The van der Waals surface area contributed by atoms with E-state index in [0.717, 1.165) is 38.0 Å². The Hall–Kier alpha value is 0.170. The molecule has 1 aliphatic rings. The van der Waals surface area contributed by atoms with E-state index in [0.29, 0.717) is 13.2 Å². The highest BCUT2D eigenvalue weighted by Crippen LogP contribution is 2.24. The van der Waals surface area contributed by atoms with Crippen LogP contribution < -0.4 is 0 Å². The molecule has 0 heterocycles. The van der Waals surface area contributed by atoms with E-state index in [9.17, 15) is 0 Å². The number of hydrogen-bond donors (Lipinski definition) is 0. The molecular formula is C12H24ClNO2. The van der Waals surface area contributed by atoms with Crippen molar-refractivity contribution in [1.29, 1.82) is 0 Å². The van der Waals surface area contributed by atoms with Gasteiger partial charge in [0.05, 0.1) is 19.8 Å². The van der Waals surface area contributed by atoms with Crippen LogP contribution in [0.25, 0.3) is 0 Å². The van der Waals surface area contributed by atoms with Crippen LogP contribution in [0, 0.1) is 0 Å². The zero-order chi connectivity index (χ0) is 11.6. The predicted molar refractivity (Wildman–Crippen MR) is 67.2 cm³/mol. The summed E-state index contributed by atoms with van der Waals surface area (Å²) in [5.74, 6) is 0.758. The van der Waals surface area contributed by atoms with E-state index in [1.807, 2.05) is 0 Å². The van der Waals surface area contributed by atoms with Crippen LogP contribution in [0.2, 0.25) is 0 Å². The van der Waals surface area contributed by atoms with E-state index in [4.69, 9.17) is 21.1 Å². The Bertz CT molecular complexity index is 165. The summed E-state index contributed by atoms with van der Waals surface area (Å²) in [6.45, 7) is 4.34. The molecule has 0 atom stereocenters. The first kappa shape index (κ1) is 14.2. The summed E-state index contributed by atoms with van der Waals surface area (Å²) < 4.78 is 10.4. The maximum absolute atomic E-state index is 5.74. The molecule has 0 aliphatic heterocycles. The minimum absolute atomic E-state index is 0.686. The molecule has 0 aromatic carbocycles. The Balaban J connectivity index is 2.06. The van der Waals surface area contributed by atoms with Crippen molar-refractivity contribution in [1.82, 2.24) is 4.90 Å². The molecule has 0 unspecified atom stereocenters. The minimum Gasteiger partial charge on any atom is -0.382 e. The van der Waals surface area contributed by atoms with Crippen LogP contribution in [0.15, 0.2) is 0 Å². The first-order chi connectivity index (χ1) is 7.88. The van der Waals surface area contributed by atoms with Gasteiger partial charge in [-0.3, -0.25) is 4.90 Å². The molecule has 0 aromatic rings. The maximum atomic E-state index is 5.74. The van der Waals surface area contributed by atoms with Gasteiger partial charge in [-0.25, -0.2) is 0 Å². The molecule has 96 valence electrons. The highest BCUT2D eigenvalue weighted by molar-refractivity contribution is 6.17. The van der Waals surface area contributed by atoms with Gasteiger partial charge in [0.1, 0.15) is 0 Å². The highest BCUT2D eigenvalue weighted by Gasteiger charge is 2.23. The van der Waals surface area contributed by atoms with Crippen molar-refractivity contribution in [3.8, 4) is 0 Å². The Morgan fingerprint density at radius 1 is 1.19 bits per heavy atom. The molecule has 0 amide bonds. The van der Waals surface area contributed by atoms with Gasteiger partial charge in [-0.15, -0.1) is 11.6 Å². The molecule has 0 saturated heterocycles. The molecule has 1 fully saturated rings. The lowest BCUT2D eigenvalue weighted by molar-refractivity contribution is 0.0388. The average molecular weight is 250 g/mol. The molecule has 1 rings (SSSR count). The van der Waals surface area contributed by atoms with Crippen molar-refractivity contribution in [2.45, 2.75) is 31.7 Å². The lowest BCUT2D eigenvalue weighted by atomic mass is 9.91. The summed E-state index contributed by atoms with van der Waals surface area (Å²) in [7, 11) is 1.70. The number of halogens is 1. The van der Waals surface area contributed by atoms with Crippen LogP contribution in [0.1, 0.15) is 25.7 Å². The van der Waals surface area contributed by atoms with E-state index in [-0.39, 0.29) is 0 Å². The van der Waals surface area contributed by atoms with Crippen LogP contribution in [0.3, 0.4) is 0 Å². The number of hydrogen-bond acceptors (Lipinski definition) is 3. The van der Waals surface area contributed by atoms with Crippen molar-refractivity contribution in [2.75, 3.05) is 45.9 Å². The maximum Gasteiger partial charge on any atom is 0.0700 e. The molecular weight excluding hydrogens is 226 g/mol. The molecule has 0 radical (unpaired) electrons. The van der Waals surface area contributed by atoms with Gasteiger partial charge in [-0.2, -0.15) is 0 Å². The third-order valence-corrected chi connectivity index (χ3v) is 3.39. The van der Waals surface area contributed by atoms with Crippen LogP contribution >= 0.6 is 11.6 Å². The Kier molecular flexibility index (Phi) is 8.21. The molecule has 1 saturated carbocycles. The molecule has 0 bridgehead atoms. The van der Waals surface area contributed by atoms with E-state index in [1.54, 1.807) is 7.11 Å². The molecule has 0 aromatic heterocycles. The predicted octanol–water partition coefficient (Wildman–Crippen LogP) is 2.13. The van der Waals surface area contributed by atoms with Crippen molar-refractivity contribution in [2.24, 2.45) is 0 Å². The number of ether oxygens (including phenoxy) is 2. The van der Waals surface area contributed by atoms with Crippen molar-refractivity contribution >= 4 is 11.6 Å². The molecule has 16 heavy (non-hydrogen) atoms. The van der Waals surface area contributed by atoms with E-state index in [1.165, 1.54) is 19.3 Å². The molecule has 3 nitrogen and oxygen atoms in total. The van der Waals surface area contributed by atoms with Gasteiger partial charge in [0, 0.05) is 25.6 Å². The van der Waals surface area contributed by atoms with Crippen molar-refractivity contribution in [3.63, 3.8) is 0 Å². The first-order valence-corrected chi connectivity index (χ1v) is 6.78. The van der Waals surface area contributed by atoms with Gasteiger partial charge >= 0.3 is 0 Å². The van der Waals surface area contributed by atoms with Crippen molar-refractivity contribution < 1.29 is 9.47 Å². The summed E-state index contributed by atoms with van der Waals surface area (Å²) in [4.78, 5) is 2.53. The summed E-state index contributed by atoms with van der Waals surface area (Å²) in [6.07, 6.45) is 5.16. The summed E-state index contributed by atoms with van der Waals surface area (Å²) in [5.41, 5.74) is 0. The van der Waals surface area contributed by atoms with E-state index >= 15 is 0 Å². The van der Waals surface area contributed by atoms with Crippen LogP contribution in [-0.2, 0) is 9.47 Å².